The van der Waals surface area contributed by atoms with Crippen LogP contribution in [0.4, 0.5) is 0 Å². The van der Waals surface area contributed by atoms with Crippen LogP contribution in [0.3, 0.4) is 0 Å². The maximum Gasteiger partial charge on any atom is 0.272 e. The molecule has 2 N–H and O–H groups in total. The number of ether oxygens (including phenoxy) is 2. The minimum atomic E-state index is -0.248. The molecule has 26 heavy (non-hydrogen) atoms. The van der Waals surface area contributed by atoms with E-state index < -0.39 is 0 Å². The van der Waals surface area contributed by atoms with Crippen LogP contribution in [0.5, 0.6) is 11.5 Å². The smallest absolute Gasteiger partial charge is 0.272 e. The van der Waals surface area contributed by atoms with Gasteiger partial charge in [0.25, 0.3) is 5.91 Å². The highest BCUT2D eigenvalue weighted by atomic mass is 32.1. The highest BCUT2D eigenvalue weighted by Crippen LogP contribution is 2.32. The number of benzene rings is 1. The van der Waals surface area contributed by atoms with Gasteiger partial charge < -0.3 is 9.47 Å². The van der Waals surface area contributed by atoms with Crippen molar-refractivity contribution in [3.8, 4) is 22.8 Å². The van der Waals surface area contributed by atoms with Gasteiger partial charge in [0.2, 0.25) is 0 Å². The van der Waals surface area contributed by atoms with Gasteiger partial charge >= 0.3 is 0 Å². The van der Waals surface area contributed by atoms with Gasteiger partial charge in [-0.15, -0.1) is 11.3 Å². The Bertz CT molecular complexity index is 946. The Hall–Kier alpha value is -3.13. The van der Waals surface area contributed by atoms with E-state index in [1.807, 2.05) is 31.2 Å². The topological polar surface area (TPSA) is 88.6 Å². The molecule has 1 aromatic carbocycles. The van der Waals surface area contributed by atoms with Crippen LogP contribution in [0.15, 0.2) is 40.9 Å². The predicted octanol–water partition coefficient (Wildman–Crippen LogP) is 3.23. The summed E-state index contributed by atoms with van der Waals surface area (Å²) in [6.07, 6.45) is 3.18. The number of carbonyl (C=O) groups excluding carboxylic acids is 1. The summed E-state index contributed by atoms with van der Waals surface area (Å²) in [7, 11) is 3.17. The van der Waals surface area contributed by atoms with Gasteiger partial charge in [0, 0.05) is 21.4 Å². The summed E-state index contributed by atoms with van der Waals surface area (Å²) >= 11 is 1.52. The van der Waals surface area contributed by atoms with E-state index in [0.717, 1.165) is 21.7 Å². The van der Waals surface area contributed by atoms with Crippen molar-refractivity contribution in [3.05, 3.63) is 51.8 Å². The van der Waals surface area contributed by atoms with Gasteiger partial charge in [0.15, 0.2) is 11.5 Å². The molecule has 0 atom stereocenters. The van der Waals surface area contributed by atoms with Crippen molar-refractivity contribution in [2.75, 3.05) is 14.2 Å². The van der Waals surface area contributed by atoms with Crippen LogP contribution in [0.1, 0.15) is 20.8 Å². The lowest BCUT2D eigenvalue weighted by Gasteiger charge is -2.09. The Labute approximate surface area is 154 Å². The maximum absolute atomic E-state index is 12.0. The number of hydrazone groups is 1. The van der Waals surface area contributed by atoms with Gasteiger partial charge in [0.05, 0.1) is 37.9 Å². The number of thiophene rings is 1. The van der Waals surface area contributed by atoms with Crippen molar-refractivity contribution in [2.45, 2.75) is 6.92 Å². The van der Waals surface area contributed by atoms with E-state index in [2.05, 4.69) is 20.7 Å². The number of hydrogen-bond acceptors (Lipinski definition) is 6. The van der Waals surface area contributed by atoms with Gasteiger partial charge in [-0.1, -0.05) is 0 Å². The lowest BCUT2D eigenvalue weighted by atomic mass is 10.1. The van der Waals surface area contributed by atoms with Crippen LogP contribution >= 0.6 is 11.3 Å². The molecule has 1 amide bonds. The van der Waals surface area contributed by atoms with E-state index in [9.17, 15) is 4.79 Å². The zero-order chi connectivity index (χ0) is 18.5. The molecule has 2 heterocycles. The number of H-pyrrole nitrogens is 1. The number of amides is 1. The normalized spacial score (nSPS) is 10.9. The largest absolute Gasteiger partial charge is 0.493 e. The number of carbonyl (C=O) groups is 1. The number of aromatic amines is 1. The third kappa shape index (κ3) is 3.75. The molecule has 0 radical (unpaired) electrons. The quantitative estimate of drug-likeness (QED) is 0.515. The molecule has 3 rings (SSSR count). The predicted molar refractivity (Wildman–Crippen MR) is 101 cm³/mol. The molecule has 0 fully saturated rings. The Kier molecular flexibility index (Phi) is 5.33. The Balaban J connectivity index is 1.77. The summed E-state index contributed by atoms with van der Waals surface area (Å²) in [6.45, 7) is 1.95. The van der Waals surface area contributed by atoms with Crippen molar-refractivity contribution >= 4 is 23.5 Å². The van der Waals surface area contributed by atoms with Crippen LogP contribution < -0.4 is 14.9 Å². The number of aryl methyl sites for hydroxylation is 1. The van der Waals surface area contributed by atoms with Crippen LogP contribution in [0.25, 0.3) is 11.3 Å². The number of rotatable bonds is 6. The zero-order valence-corrected chi connectivity index (χ0v) is 15.4. The maximum atomic E-state index is 12.0. The van der Waals surface area contributed by atoms with Crippen molar-refractivity contribution < 1.29 is 14.3 Å². The van der Waals surface area contributed by atoms with Crippen molar-refractivity contribution in [3.63, 3.8) is 0 Å². The van der Waals surface area contributed by atoms with Crippen LogP contribution in [-0.2, 0) is 0 Å². The third-order valence-electron chi connectivity index (χ3n) is 3.70. The highest BCUT2D eigenvalue weighted by Gasteiger charge is 2.11. The first kappa shape index (κ1) is 17.7. The molecule has 2 aromatic heterocycles. The lowest BCUT2D eigenvalue weighted by Crippen LogP contribution is -2.16. The van der Waals surface area contributed by atoms with Crippen molar-refractivity contribution in [1.29, 1.82) is 0 Å². The van der Waals surface area contributed by atoms with Gasteiger partial charge in [-0.2, -0.15) is 10.2 Å². The first-order valence-electron chi connectivity index (χ1n) is 7.76. The van der Waals surface area contributed by atoms with Gasteiger partial charge in [0.1, 0.15) is 0 Å². The highest BCUT2D eigenvalue weighted by molar-refractivity contribution is 7.10. The second-order valence-corrected chi connectivity index (χ2v) is 6.53. The molecule has 3 aromatic rings. The molecule has 0 spiro atoms. The molecule has 0 saturated carbocycles. The molecular formula is C18H18N4O3S. The SMILES string of the molecule is COc1ccc(-c2[nH]ncc2C=NNC(=O)c2csc(C)c2)cc1OC. The lowest BCUT2D eigenvalue weighted by molar-refractivity contribution is 0.0955. The molecule has 7 nitrogen and oxygen atoms in total. The fourth-order valence-corrected chi connectivity index (χ4v) is 3.09. The van der Waals surface area contributed by atoms with E-state index in [1.165, 1.54) is 11.3 Å². The zero-order valence-electron chi connectivity index (χ0n) is 14.6. The average molecular weight is 370 g/mol. The molecule has 0 aliphatic heterocycles. The van der Waals surface area contributed by atoms with Crippen LogP contribution in [0, 0.1) is 6.92 Å². The van der Waals surface area contributed by atoms with Gasteiger partial charge in [-0.05, 0) is 31.2 Å². The van der Waals surface area contributed by atoms with Crippen LogP contribution in [0.2, 0.25) is 0 Å². The summed E-state index contributed by atoms with van der Waals surface area (Å²) in [6, 6.07) is 7.37. The van der Waals surface area contributed by atoms with Crippen molar-refractivity contribution in [1.82, 2.24) is 15.6 Å². The van der Waals surface area contributed by atoms with Crippen molar-refractivity contribution in [2.24, 2.45) is 5.10 Å². The van der Waals surface area contributed by atoms with Gasteiger partial charge in [-0.3, -0.25) is 9.89 Å². The molecule has 134 valence electrons. The van der Waals surface area contributed by atoms with E-state index >= 15 is 0 Å². The standard InChI is InChI=1S/C18H18N4O3S/c1-11-6-13(10-26-11)18(23)22-20-9-14-8-19-21-17(14)12-4-5-15(24-2)16(7-12)25-3/h4-10H,1-3H3,(H,19,21)(H,22,23). The summed E-state index contributed by atoms with van der Waals surface area (Å²) in [4.78, 5) is 13.1. The Morgan fingerprint density at radius 3 is 2.77 bits per heavy atom. The summed E-state index contributed by atoms with van der Waals surface area (Å²) < 4.78 is 10.6. The third-order valence-corrected chi connectivity index (χ3v) is 4.56. The summed E-state index contributed by atoms with van der Waals surface area (Å²) in [5.74, 6) is 1.01. The molecule has 8 heteroatoms. The summed E-state index contributed by atoms with van der Waals surface area (Å²) in [5.41, 5.74) is 5.47. The Morgan fingerprint density at radius 2 is 2.08 bits per heavy atom. The average Bonchev–Trinajstić information content (AvgIpc) is 3.30. The van der Waals surface area contributed by atoms with E-state index in [4.69, 9.17) is 9.47 Å². The molecule has 0 unspecified atom stereocenters. The molecule has 0 aliphatic rings. The second-order valence-electron chi connectivity index (χ2n) is 5.42. The summed E-state index contributed by atoms with van der Waals surface area (Å²) in [5, 5.41) is 12.8. The second kappa shape index (κ2) is 7.83. The Morgan fingerprint density at radius 1 is 1.27 bits per heavy atom. The number of nitrogens with one attached hydrogen (secondary N) is 2. The molecule has 0 bridgehead atoms. The van der Waals surface area contributed by atoms with E-state index in [1.54, 1.807) is 32.0 Å². The molecular weight excluding hydrogens is 352 g/mol. The number of aromatic nitrogens is 2. The van der Waals surface area contributed by atoms with Gasteiger partial charge in [-0.25, -0.2) is 5.43 Å². The first-order valence-corrected chi connectivity index (χ1v) is 8.64. The monoisotopic (exact) mass is 370 g/mol. The molecule has 0 aliphatic carbocycles. The number of hydrogen-bond donors (Lipinski definition) is 2. The fourth-order valence-electron chi connectivity index (χ4n) is 2.40. The minimum absolute atomic E-state index is 0.248. The number of nitrogens with zero attached hydrogens (tertiary/aromatic N) is 2. The molecule has 0 saturated heterocycles. The first-order chi connectivity index (χ1) is 12.6. The van der Waals surface area contributed by atoms with Crippen LogP contribution in [-0.4, -0.2) is 36.5 Å². The van der Waals surface area contributed by atoms with E-state index in [-0.39, 0.29) is 5.91 Å². The number of methoxy groups -OCH3 is 2. The van der Waals surface area contributed by atoms with E-state index in [0.29, 0.717) is 17.1 Å². The fraction of sp³-hybridized carbons (Fsp3) is 0.167. The minimum Gasteiger partial charge on any atom is -0.493 e.